The van der Waals surface area contributed by atoms with E-state index in [4.69, 9.17) is 4.74 Å². The van der Waals surface area contributed by atoms with Crippen LogP contribution in [-0.2, 0) is 0 Å². The molecule has 0 unspecified atom stereocenters. The molecule has 0 atom stereocenters. The number of nitrogens with zero attached hydrogens (tertiary/aromatic N) is 1. The molecule has 0 bridgehead atoms. The summed E-state index contributed by atoms with van der Waals surface area (Å²) in [4.78, 5) is 10.4. The number of rotatable bonds is 8. The van der Waals surface area contributed by atoms with E-state index >= 15 is 0 Å². The number of non-ortho nitro benzene ring substituents is 1. The van der Waals surface area contributed by atoms with Gasteiger partial charge in [-0.3, -0.25) is 10.1 Å². The van der Waals surface area contributed by atoms with Gasteiger partial charge in [-0.2, -0.15) is 0 Å². The van der Waals surface area contributed by atoms with Crippen LogP contribution in [0.5, 0.6) is 5.75 Å². The lowest BCUT2D eigenvalue weighted by molar-refractivity contribution is -0.384. The third-order valence-electron chi connectivity index (χ3n) is 3.10. The van der Waals surface area contributed by atoms with Crippen molar-refractivity contribution in [3.05, 3.63) is 28.3 Å². The Balaban J connectivity index is 3.12. The third kappa shape index (κ3) is 3.82. The van der Waals surface area contributed by atoms with Gasteiger partial charge in [0.25, 0.3) is 5.69 Å². The highest BCUT2D eigenvalue weighted by atomic mass is 16.6. The van der Waals surface area contributed by atoms with Gasteiger partial charge in [-0.1, -0.05) is 6.92 Å². The maximum Gasteiger partial charge on any atom is 0.275 e. The van der Waals surface area contributed by atoms with Crippen LogP contribution < -0.4 is 10.1 Å². The van der Waals surface area contributed by atoms with Crippen molar-refractivity contribution in [2.45, 2.75) is 25.8 Å². The maximum absolute atomic E-state index is 10.9. The zero-order valence-electron chi connectivity index (χ0n) is 11.6. The Hall–Kier alpha value is -1.86. The molecule has 1 aromatic rings. The van der Waals surface area contributed by atoms with E-state index in [0.29, 0.717) is 24.5 Å². The van der Waals surface area contributed by atoms with Gasteiger partial charge in [0.2, 0.25) is 0 Å². The van der Waals surface area contributed by atoms with E-state index in [2.05, 4.69) is 5.32 Å². The quantitative estimate of drug-likeness (QED) is 0.494. The van der Waals surface area contributed by atoms with Crippen LogP contribution in [0.15, 0.2) is 18.2 Å². The van der Waals surface area contributed by atoms with Crippen LogP contribution in [0.4, 0.5) is 11.4 Å². The van der Waals surface area contributed by atoms with E-state index in [9.17, 15) is 20.3 Å². The van der Waals surface area contributed by atoms with Crippen molar-refractivity contribution in [1.82, 2.24) is 0 Å². The fourth-order valence-corrected chi connectivity index (χ4v) is 1.76. The minimum Gasteiger partial charge on any atom is -0.494 e. The number of hydrogen-bond acceptors (Lipinski definition) is 6. The molecule has 0 aliphatic carbocycles. The van der Waals surface area contributed by atoms with E-state index in [0.717, 1.165) is 0 Å². The number of nitro groups is 1. The Morgan fingerprint density at radius 2 is 1.95 bits per heavy atom. The highest BCUT2D eigenvalue weighted by Gasteiger charge is 2.27. The maximum atomic E-state index is 10.9. The van der Waals surface area contributed by atoms with Crippen LogP contribution >= 0.6 is 0 Å². The molecule has 112 valence electrons. The zero-order chi connectivity index (χ0) is 15.2. The molecule has 0 spiro atoms. The molecular weight excluding hydrogens is 264 g/mol. The second-order valence-corrected chi connectivity index (χ2v) is 4.48. The summed E-state index contributed by atoms with van der Waals surface area (Å²) >= 11 is 0. The average Bonchev–Trinajstić information content (AvgIpc) is 2.45. The highest BCUT2D eigenvalue weighted by Crippen LogP contribution is 2.28. The normalized spacial score (nSPS) is 11.2. The van der Waals surface area contributed by atoms with Crippen molar-refractivity contribution < 1.29 is 19.9 Å². The summed E-state index contributed by atoms with van der Waals surface area (Å²) in [6.07, 6.45) is 0.465. The van der Waals surface area contributed by atoms with E-state index in [-0.39, 0.29) is 18.9 Å². The fraction of sp³-hybridized carbons (Fsp3) is 0.538. The molecule has 0 aromatic heterocycles. The molecule has 0 aliphatic rings. The van der Waals surface area contributed by atoms with Crippen LogP contribution in [0.2, 0.25) is 0 Å². The van der Waals surface area contributed by atoms with Crippen LogP contribution in [0, 0.1) is 10.1 Å². The number of hydrogen-bond donors (Lipinski definition) is 3. The first-order valence-corrected chi connectivity index (χ1v) is 6.42. The van der Waals surface area contributed by atoms with Crippen LogP contribution in [-0.4, -0.2) is 40.5 Å². The number of anilines is 1. The minimum atomic E-state index is -0.918. The Bertz CT molecular complexity index is 452. The van der Waals surface area contributed by atoms with Crippen LogP contribution in [0.3, 0.4) is 0 Å². The van der Waals surface area contributed by atoms with Crippen LogP contribution in [0.1, 0.15) is 20.3 Å². The van der Waals surface area contributed by atoms with Gasteiger partial charge >= 0.3 is 0 Å². The van der Waals surface area contributed by atoms with E-state index in [1.54, 1.807) is 19.9 Å². The van der Waals surface area contributed by atoms with Crippen molar-refractivity contribution in [2.75, 3.05) is 25.1 Å². The van der Waals surface area contributed by atoms with Crippen molar-refractivity contribution >= 4 is 11.4 Å². The number of aliphatic hydroxyl groups is 2. The molecule has 0 saturated carbocycles. The van der Waals surface area contributed by atoms with E-state index in [1.165, 1.54) is 12.1 Å². The molecule has 0 aliphatic heterocycles. The molecule has 7 nitrogen and oxygen atoms in total. The molecule has 0 heterocycles. The largest absolute Gasteiger partial charge is 0.494 e. The van der Waals surface area contributed by atoms with Gasteiger partial charge in [0, 0.05) is 17.8 Å². The van der Waals surface area contributed by atoms with Crippen molar-refractivity contribution in [3.63, 3.8) is 0 Å². The average molecular weight is 284 g/mol. The first-order valence-electron chi connectivity index (χ1n) is 6.42. The van der Waals surface area contributed by atoms with Gasteiger partial charge in [-0.25, -0.2) is 0 Å². The molecule has 7 heteroatoms. The minimum absolute atomic E-state index is 0.112. The van der Waals surface area contributed by atoms with E-state index in [1.807, 2.05) is 0 Å². The molecule has 1 aromatic carbocycles. The molecule has 0 fully saturated rings. The highest BCUT2D eigenvalue weighted by molar-refractivity contribution is 5.57. The first kappa shape index (κ1) is 16.2. The Morgan fingerprint density at radius 1 is 1.30 bits per heavy atom. The Labute approximate surface area is 117 Å². The van der Waals surface area contributed by atoms with Gasteiger partial charge in [-0.15, -0.1) is 0 Å². The standard InChI is InChI=1S/C13H20N2O5/c1-3-13(8-16,9-17)14-10-5-11(15(18)19)7-12(6-10)20-4-2/h5-7,14,16-17H,3-4,8-9H2,1-2H3. The molecule has 20 heavy (non-hydrogen) atoms. The third-order valence-corrected chi connectivity index (χ3v) is 3.10. The van der Waals surface area contributed by atoms with Gasteiger partial charge in [0.15, 0.2) is 0 Å². The number of nitrogens with one attached hydrogen (secondary N) is 1. The SMILES string of the molecule is CCOc1cc(NC(CC)(CO)CO)cc([N+](=O)[O-])c1. The first-order chi connectivity index (χ1) is 9.50. The van der Waals surface area contributed by atoms with Gasteiger partial charge in [0.05, 0.1) is 36.3 Å². The monoisotopic (exact) mass is 284 g/mol. The zero-order valence-corrected chi connectivity index (χ0v) is 11.6. The second-order valence-electron chi connectivity index (χ2n) is 4.48. The predicted molar refractivity (Wildman–Crippen MR) is 75.1 cm³/mol. The lowest BCUT2D eigenvalue weighted by Crippen LogP contribution is -2.45. The number of nitro benzene ring substituents is 1. The Morgan fingerprint density at radius 3 is 2.40 bits per heavy atom. The fourth-order valence-electron chi connectivity index (χ4n) is 1.76. The lowest BCUT2D eigenvalue weighted by Gasteiger charge is -2.31. The molecule has 3 N–H and O–H groups in total. The number of ether oxygens (including phenoxy) is 1. The molecule has 1 rings (SSSR count). The summed E-state index contributed by atoms with van der Waals surface area (Å²) in [6, 6.07) is 4.28. The summed E-state index contributed by atoms with van der Waals surface area (Å²) in [5.74, 6) is 0.366. The summed E-state index contributed by atoms with van der Waals surface area (Å²) in [5, 5.41) is 32.7. The van der Waals surface area contributed by atoms with Crippen molar-refractivity contribution in [1.29, 1.82) is 0 Å². The Kier molecular flexibility index (Phi) is 5.72. The second kappa shape index (κ2) is 7.06. The summed E-state index contributed by atoms with van der Waals surface area (Å²) in [7, 11) is 0. The topological polar surface area (TPSA) is 105 Å². The summed E-state index contributed by atoms with van der Waals surface area (Å²) in [6.45, 7) is 3.41. The van der Waals surface area contributed by atoms with Crippen molar-refractivity contribution in [2.24, 2.45) is 0 Å². The van der Waals surface area contributed by atoms with E-state index < -0.39 is 10.5 Å². The number of aliphatic hydroxyl groups excluding tert-OH is 2. The molecule has 0 saturated heterocycles. The van der Waals surface area contributed by atoms with Gasteiger partial charge in [-0.05, 0) is 13.3 Å². The summed E-state index contributed by atoms with van der Waals surface area (Å²) < 4.78 is 5.28. The number of benzene rings is 1. The molecular formula is C13H20N2O5. The van der Waals surface area contributed by atoms with Crippen molar-refractivity contribution in [3.8, 4) is 5.75 Å². The lowest BCUT2D eigenvalue weighted by atomic mass is 9.98. The summed E-state index contributed by atoms with van der Waals surface area (Å²) in [5.41, 5.74) is -0.606. The van der Waals surface area contributed by atoms with Gasteiger partial charge in [0.1, 0.15) is 5.75 Å². The smallest absolute Gasteiger partial charge is 0.275 e. The van der Waals surface area contributed by atoms with Crippen LogP contribution in [0.25, 0.3) is 0 Å². The predicted octanol–water partition coefficient (Wildman–Crippen LogP) is 1.54. The molecule has 0 radical (unpaired) electrons. The van der Waals surface area contributed by atoms with Gasteiger partial charge < -0.3 is 20.3 Å². The molecule has 0 amide bonds.